The monoisotopic (exact) mass is 435 g/mol. The highest BCUT2D eigenvalue weighted by atomic mass is 32.2. The van der Waals surface area contributed by atoms with Gasteiger partial charge >= 0.3 is 0 Å². The molecule has 160 valence electrons. The minimum atomic E-state index is -3.54. The second-order valence-corrected chi connectivity index (χ2v) is 9.66. The first-order valence-corrected chi connectivity index (χ1v) is 11.7. The molecule has 0 atom stereocenters. The Kier molecular flexibility index (Phi) is 5.89. The van der Waals surface area contributed by atoms with E-state index in [4.69, 9.17) is 0 Å². The van der Waals surface area contributed by atoms with Crippen LogP contribution in [0, 0.1) is 6.92 Å². The van der Waals surface area contributed by atoms with Gasteiger partial charge in [-0.3, -0.25) is 4.79 Å². The predicted octanol–water partition coefficient (Wildman–Crippen LogP) is 3.69. The fraction of sp³-hybridized carbons (Fsp3) is 0.250. The van der Waals surface area contributed by atoms with Crippen LogP contribution in [0.3, 0.4) is 0 Å². The molecule has 0 radical (unpaired) electrons. The fourth-order valence-corrected chi connectivity index (χ4v) is 5.52. The van der Waals surface area contributed by atoms with Crippen LogP contribution in [0.2, 0.25) is 0 Å². The van der Waals surface area contributed by atoms with E-state index in [0.717, 1.165) is 24.0 Å². The summed E-state index contributed by atoms with van der Waals surface area (Å²) in [7, 11) is -3.54. The van der Waals surface area contributed by atoms with Gasteiger partial charge in [-0.1, -0.05) is 49.1 Å². The van der Waals surface area contributed by atoms with Crippen molar-refractivity contribution in [3.8, 4) is 11.3 Å². The van der Waals surface area contributed by atoms with Gasteiger partial charge in [0.05, 0.1) is 17.1 Å². The number of aromatic nitrogens is 2. The Morgan fingerprint density at radius 1 is 1.03 bits per heavy atom. The molecule has 1 aliphatic rings. The van der Waals surface area contributed by atoms with Crippen molar-refractivity contribution in [3.05, 3.63) is 88.2 Å². The summed E-state index contributed by atoms with van der Waals surface area (Å²) in [6.45, 7) is 6.98. The summed E-state index contributed by atoms with van der Waals surface area (Å²) < 4.78 is 29.1. The molecule has 1 aromatic heterocycles. The molecular formula is C24H25N3O3S. The second kappa shape index (κ2) is 8.61. The van der Waals surface area contributed by atoms with E-state index >= 15 is 0 Å². The van der Waals surface area contributed by atoms with Gasteiger partial charge in [-0.15, -0.1) is 0 Å². The van der Waals surface area contributed by atoms with Gasteiger partial charge < -0.3 is 0 Å². The average molecular weight is 436 g/mol. The van der Waals surface area contributed by atoms with Gasteiger partial charge in [-0.2, -0.15) is 9.40 Å². The molecule has 0 bridgehead atoms. The SMILES string of the molecule is C=Cc1ccc(Cn2nc(-c3ccc(C)c(S(=O)(=O)N4CCCC4)c3)ccc2=O)cc1. The van der Waals surface area contributed by atoms with Crippen LogP contribution in [-0.4, -0.2) is 35.6 Å². The molecule has 3 aromatic rings. The Labute approximate surface area is 182 Å². The van der Waals surface area contributed by atoms with Crippen molar-refractivity contribution in [3.63, 3.8) is 0 Å². The molecule has 0 unspecified atom stereocenters. The number of rotatable bonds is 6. The number of hydrogen-bond acceptors (Lipinski definition) is 4. The lowest BCUT2D eigenvalue weighted by Gasteiger charge is -2.18. The second-order valence-electron chi connectivity index (χ2n) is 7.75. The van der Waals surface area contributed by atoms with Crippen molar-refractivity contribution < 1.29 is 8.42 Å². The van der Waals surface area contributed by atoms with E-state index in [2.05, 4.69) is 11.7 Å². The number of nitrogens with zero attached hydrogens (tertiary/aromatic N) is 3. The summed E-state index contributed by atoms with van der Waals surface area (Å²) in [6, 6.07) is 16.1. The number of hydrogen-bond donors (Lipinski definition) is 0. The lowest BCUT2D eigenvalue weighted by atomic mass is 10.1. The molecule has 1 aliphatic heterocycles. The van der Waals surface area contributed by atoms with E-state index < -0.39 is 10.0 Å². The summed E-state index contributed by atoms with van der Waals surface area (Å²) in [5, 5.41) is 4.51. The minimum Gasteiger partial charge on any atom is -0.268 e. The van der Waals surface area contributed by atoms with Crippen molar-refractivity contribution in [2.75, 3.05) is 13.1 Å². The van der Waals surface area contributed by atoms with Crippen LogP contribution in [0.4, 0.5) is 0 Å². The normalized spacial score (nSPS) is 14.6. The lowest BCUT2D eigenvalue weighted by molar-refractivity contribution is 0.477. The van der Waals surface area contributed by atoms with E-state index in [1.165, 1.54) is 10.7 Å². The third-order valence-corrected chi connectivity index (χ3v) is 7.62. The van der Waals surface area contributed by atoms with Gasteiger partial charge in [0.1, 0.15) is 0 Å². The molecule has 7 heteroatoms. The van der Waals surface area contributed by atoms with Crippen molar-refractivity contribution in [1.82, 2.24) is 14.1 Å². The van der Waals surface area contributed by atoms with Gasteiger partial charge in [-0.05, 0) is 48.6 Å². The fourth-order valence-electron chi connectivity index (χ4n) is 3.75. The third-order valence-electron chi connectivity index (χ3n) is 5.58. The van der Waals surface area contributed by atoms with Crippen molar-refractivity contribution >= 4 is 16.1 Å². The first kappa shape index (κ1) is 21.2. The predicted molar refractivity (Wildman–Crippen MR) is 122 cm³/mol. The Balaban J connectivity index is 1.69. The maximum Gasteiger partial charge on any atom is 0.267 e. The zero-order valence-electron chi connectivity index (χ0n) is 17.5. The van der Waals surface area contributed by atoms with Crippen LogP contribution in [0.5, 0.6) is 0 Å². The van der Waals surface area contributed by atoms with E-state index in [0.29, 0.717) is 41.4 Å². The summed E-state index contributed by atoms with van der Waals surface area (Å²) in [5.74, 6) is 0. The first-order chi connectivity index (χ1) is 14.9. The van der Waals surface area contributed by atoms with Gasteiger partial charge in [0, 0.05) is 24.7 Å². The zero-order valence-corrected chi connectivity index (χ0v) is 18.3. The summed E-state index contributed by atoms with van der Waals surface area (Å²) in [6.07, 6.45) is 3.54. The van der Waals surface area contributed by atoms with Crippen molar-refractivity contribution in [1.29, 1.82) is 0 Å². The Bertz CT molecular complexity index is 1270. The molecule has 2 heterocycles. The molecule has 0 N–H and O–H groups in total. The van der Waals surface area contributed by atoms with Crippen LogP contribution in [0.1, 0.15) is 29.5 Å². The Morgan fingerprint density at radius 2 is 1.74 bits per heavy atom. The number of benzene rings is 2. The van der Waals surface area contributed by atoms with Crippen LogP contribution in [0.15, 0.2) is 70.9 Å². The van der Waals surface area contributed by atoms with Crippen molar-refractivity contribution in [2.24, 2.45) is 0 Å². The molecule has 0 saturated carbocycles. The van der Waals surface area contributed by atoms with Crippen LogP contribution in [-0.2, 0) is 16.6 Å². The quantitative estimate of drug-likeness (QED) is 0.592. The topological polar surface area (TPSA) is 72.3 Å². The minimum absolute atomic E-state index is 0.214. The molecule has 4 rings (SSSR count). The van der Waals surface area contributed by atoms with Crippen molar-refractivity contribution in [2.45, 2.75) is 31.2 Å². The highest BCUT2D eigenvalue weighted by Crippen LogP contribution is 2.27. The molecular weight excluding hydrogens is 410 g/mol. The number of sulfonamides is 1. The molecule has 1 saturated heterocycles. The summed E-state index contributed by atoms with van der Waals surface area (Å²) in [5.41, 5.74) is 3.65. The van der Waals surface area contributed by atoms with Gasteiger partial charge in [0.15, 0.2) is 0 Å². The van der Waals surface area contributed by atoms with Crippen LogP contribution in [0.25, 0.3) is 17.3 Å². The zero-order chi connectivity index (χ0) is 22.0. The molecule has 0 amide bonds. The third kappa shape index (κ3) is 4.38. The summed E-state index contributed by atoms with van der Waals surface area (Å²) >= 11 is 0. The average Bonchev–Trinajstić information content (AvgIpc) is 3.32. The lowest BCUT2D eigenvalue weighted by Crippen LogP contribution is -2.28. The summed E-state index contributed by atoms with van der Waals surface area (Å²) in [4.78, 5) is 12.7. The largest absolute Gasteiger partial charge is 0.268 e. The maximum atomic E-state index is 13.1. The van der Waals surface area contributed by atoms with Gasteiger partial charge in [0.25, 0.3) is 5.56 Å². The highest BCUT2D eigenvalue weighted by Gasteiger charge is 2.28. The van der Waals surface area contributed by atoms with Crippen LogP contribution >= 0.6 is 0 Å². The Hall–Kier alpha value is -3.03. The molecule has 0 spiro atoms. The molecule has 0 aliphatic carbocycles. The van der Waals surface area contributed by atoms with E-state index in [-0.39, 0.29) is 5.56 Å². The maximum absolute atomic E-state index is 13.1. The Morgan fingerprint density at radius 3 is 2.42 bits per heavy atom. The first-order valence-electron chi connectivity index (χ1n) is 10.3. The molecule has 2 aromatic carbocycles. The van der Waals surface area contributed by atoms with Gasteiger partial charge in [0.2, 0.25) is 10.0 Å². The van der Waals surface area contributed by atoms with E-state index in [9.17, 15) is 13.2 Å². The number of aryl methyl sites for hydroxylation is 1. The van der Waals surface area contributed by atoms with E-state index in [1.54, 1.807) is 35.5 Å². The highest BCUT2D eigenvalue weighted by molar-refractivity contribution is 7.89. The molecule has 31 heavy (non-hydrogen) atoms. The van der Waals surface area contributed by atoms with Crippen LogP contribution < -0.4 is 5.56 Å². The smallest absolute Gasteiger partial charge is 0.267 e. The standard InChI is InChI=1S/C24H25N3O3S/c1-3-19-7-9-20(10-8-19)17-27-24(28)13-12-22(25-27)21-11-6-18(2)23(16-21)31(29,30)26-14-4-5-15-26/h3,6-13,16H,1,4-5,14-15,17H2,2H3. The molecule has 6 nitrogen and oxygen atoms in total. The van der Waals surface area contributed by atoms with Gasteiger partial charge in [-0.25, -0.2) is 13.1 Å². The van der Waals surface area contributed by atoms with E-state index in [1.807, 2.05) is 30.3 Å². The molecule has 1 fully saturated rings.